The third kappa shape index (κ3) is 3.97. The van der Waals surface area contributed by atoms with Crippen LogP contribution in [0.2, 0.25) is 0 Å². The zero-order valence-corrected chi connectivity index (χ0v) is 18.1. The lowest BCUT2D eigenvalue weighted by molar-refractivity contribution is -0.136. The van der Waals surface area contributed by atoms with Gasteiger partial charge in [0.05, 0.1) is 0 Å². The quantitative estimate of drug-likeness (QED) is 0.686. The van der Waals surface area contributed by atoms with E-state index < -0.39 is 18.0 Å². The van der Waals surface area contributed by atoms with Crippen LogP contribution in [0, 0.1) is 0 Å². The van der Waals surface area contributed by atoms with E-state index in [1.54, 1.807) is 6.07 Å². The first-order valence-corrected chi connectivity index (χ1v) is 11.2. The summed E-state index contributed by atoms with van der Waals surface area (Å²) < 4.78 is 0. The van der Waals surface area contributed by atoms with Crippen LogP contribution in [0.5, 0.6) is 0 Å². The number of amides is 4. The lowest BCUT2D eigenvalue weighted by Gasteiger charge is -2.42. The fraction of sp³-hybridized carbons (Fsp3) is 0.360. The SMILES string of the molecule is O=C1CCC(N2Cc3ccc(CN(C(=O)O)[C@H]4C[C@H](c5ccccc5)C4)cc3C2=O)C(=O)N1. The van der Waals surface area contributed by atoms with Gasteiger partial charge in [-0.1, -0.05) is 42.5 Å². The summed E-state index contributed by atoms with van der Waals surface area (Å²) in [5.74, 6) is -0.651. The van der Waals surface area contributed by atoms with Crippen LogP contribution < -0.4 is 5.32 Å². The number of imide groups is 1. The number of rotatable bonds is 5. The molecule has 1 aliphatic carbocycles. The predicted molar refractivity (Wildman–Crippen MR) is 118 cm³/mol. The predicted octanol–water partition coefficient (Wildman–Crippen LogP) is 2.87. The summed E-state index contributed by atoms with van der Waals surface area (Å²) in [6.07, 6.45) is 1.12. The lowest BCUT2D eigenvalue weighted by Crippen LogP contribution is -2.52. The molecule has 2 aromatic rings. The normalized spacial score (nSPS) is 24.2. The first-order valence-electron chi connectivity index (χ1n) is 11.2. The molecule has 0 bridgehead atoms. The topological polar surface area (TPSA) is 107 Å². The molecule has 170 valence electrons. The standard InChI is InChI=1S/C25H25N3O5/c29-22-9-8-21(23(30)26-22)28-14-17-7-6-15(10-20(17)24(28)31)13-27(25(32)33)19-11-18(12-19)16-4-2-1-3-5-16/h1-7,10,18-19,21H,8-9,11-14H2,(H,32,33)(H,26,29,30)/t18-,19-,21?. The van der Waals surface area contributed by atoms with Crippen molar-refractivity contribution in [1.29, 1.82) is 0 Å². The van der Waals surface area contributed by atoms with Crippen molar-refractivity contribution in [3.8, 4) is 0 Å². The minimum Gasteiger partial charge on any atom is -0.465 e. The summed E-state index contributed by atoms with van der Waals surface area (Å²) in [6.45, 7) is 0.519. The van der Waals surface area contributed by atoms with E-state index in [0.29, 0.717) is 24.4 Å². The summed E-state index contributed by atoms with van der Waals surface area (Å²) in [5, 5.41) is 12.1. The van der Waals surface area contributed by atoms with Crippen molar-refractivity contribution in [2.45, 2.75) is 56.8 Å². The highest BCUT2D eigenvalue weighted by Gasteiger charge is 2.40. The third-order valence-electron chi connectivity index (χ3n) is 7.02. The molecule has 1 saturated heterocycles. The van der Waals surface area contributed by atoms with Crippen LogP contribution in [0.15, 0.2) is 48.5 Å². The van der Waals surface area contributed by atoms with Crippen molar-refractivity contribution >= 4 is 23.8 Å². The van der Waals surface area contributed by atoms with Gasteiger partial charge in [0.25, 0.3) is 5.91 Å². The van der Waals surface area contributed by atoms with Crippen molar-refractivity contribution in [2.24, 2.45) is 0 Å². The molecule has 3 aliphatic rings. The summed E-state index contributed by atoms with van der Waals surface area (Å²) in [6, 6.07) is 14.8. The Labute approximate surface area is 191 Å². The Hall–Kier alpha value is -3.68. The maximum absolute atomic E-state index is 13.0. The van der Waals surface area contributed by atoms with Gasteiger partial charge in [0.15, 0.2) is 0 Å². The lowest BCUT2D eigenvalue weighted by atomic mass is 9.75. The number of fused-ring (bicyclic) bond motifs is 1. The van der Waals surface area contributed by atoms with E-state index in [9.17, 15) is 24.3 Å². The second kappa shape index (κ2) is 8.35. The van der Waals surface area contributed by atoms with Crippen LogP contribution >= 0.6 is 0 Å². The Balaban J connectivity index is 1.27. The van der Waals surface area contributed by atoms with Crippen molar-refractivity contribution in [1.82, 2.24) is 15.1 Å². The molecule has 4 amide bonds. The largest absolute Gasteiger partial charge is 0.465 e. The second-order valence-electron chi connectivity index (χ2n) is 9.03. The molecule has 1 saturated carbocycles. The summed E-state index contributed by atoms with van der Waals surface area (Å²) in [5.41, 5.74) is 3.29. The molecular weight excluding hydrogens is 422 g/mol. The van der Waals surface area contributed by atoms with Gasteiger partial charge in [0, 0.05) is 31.1 Å². The number of nitrogens with one attached hydrogen (secondary N) is 1. The molecule has 8 heteroatoms. The average Bonchev–Trinajstić information content (AvgIpc) is 3.08. The van der Waals surface area contributed by atoms with E-state index in [2.05, 4.69) is 17.4 Å². The number of carboxylic acid groups (broad SMARTS) is 1. The molecule has 0 spiro atoms. The molecule has 2 N–H and O–H groups in total. The zero-order valence-electron chi connectivity index (χ0n) is 18.1. The Morgan fingerprint density at radius 3 is 2.55 bits per heavy atom. The Bertz CT molecular complexity index is 1130. The Kier molecular flexibility index (Phi) is 5.36. The molecule has 8 nitrogen and oxygen atoms in total. The van der Waals surface area contributed by atoms with Gasteiger partial charge in [-0.25, -0.2) is 4.79 Å². The van der Waals surface area contributed by atoms with E-state index >= 15 is 0 Å². The van der Waals surface area contributed by atoms with Gasteiger partial charge in [-0.05, 0) is 47.9 Å². The number of carbonyl (C=O) groups is 4. The van der Waals surface area contributed by atoms with Crippen molar-refractivity contribution < 1.29 is 24.3 Å². The zero-order chi connectivity index (χ0) is 23.1. The third-order valence-corrected chi connectivity index (χ3v) is 7.02. The highest BCUT2D eigenvalue weighted by Crippen LogP contribution is 2.40. The molecule has 2 aromatic carbocycles. The summed E-state index contributed by atoms with van der Waals surface area (Å²) in [4.78, 5) is 51.6. The van der Waals surface area contributed by atoms with E-state index in [4.69, 9.17) is 0 Å². The second-order valence-corrected chi connectivity index (χ2v) is 9.03. The van der Waals surface area contributed by atoms with Gasteiger partial charge < -0.3 is 14.9 Å². The first-order chi connectivity index (χ1) is 15.9. The molecule has 2 heterocycles. The maximum Gasteiger partial charge on any atom is 0.407 e. The van der Waals surface area contributed by atoms with Crippen molar-refractivity contribution in [3.63, 3.8) is 0 Å². The molecule has 1 unspecified atom stereocenters. The number of piperidine rings is 1. The number of nitrogens with zero attached hydrogens (tertiary/aromatic N) is 2. The number of hydrogen-bond acceptors (Lipinski definition) is 4. The van der Waals surface area contributed by atoms with Gasteiger partial charge in [-0.15, -0.1) is 0 Å². The van der Waals surface area contributed by atoms with Crippen LogP contribution in [0.1, 0.15) is 58.6 Å². The molecule has 1 atom stereocenters. The van der Waals surface area contributed by atoms with Crippen LogP contribution in [0.3, 0.4) is 0 Å². The van der Waals surface area contributed by atoms with Crippen LogP contribution in [0.25, 0.3) is 0 Å². The fourth-order valence-electron chi connectivity index (χ4n) is 5.09. The summed E-state index contributed by atoms with van der Waals surface area (Å²) >= 11 is 0. The highest BCUT2D eigenvalue weighted by molar-refractivity contribution is 6.05. The van der Waals surface area contributed by atoms with Crippen LogP contribution in [-0.4, -0.2) is 50.8 Å². The number of benzene rings is 2. The molecule has 2 aliphatic heterocycles. The Morgan fingerprint density at radius 1 is 1.09 bits per heavy atom. The molecule has 5 rings (SSSR count). The van der Waals surface area contributed by atoms with E-state index in [0.717, 1.165) is 24.0 Å². The van der Waals surface area contributed by atoms with Crippen molar-refractivity contribution in [2.75, 3.05) is 0 Å². The Morgan fingerprint density at radius 2 is 1.85 bits per heavy atom. The molecule has 33 heavy (non-hydrogen) atoms. The van der Waals surface area contributed by atoms with Gasteiger partial charge in [0.1, 0.15) is 6.04 Å². The molecule has 0 radical (unpaired) electrons. The van der Waals surface area contributed by atoms with E-state index in [1.165, 1.54) is 15.4 Å². The van der Waals surface area contributed by atoms with E-state index in [1.807, 2.05) is 30.3 Å². The van der Waals surface area contributed by atoms with Gasteiger partial charge in [-0.3, -0.25) is 19.7 Å². The van der Waals surface area contributed by atoms with Gasteiger partial charge in [-0.2, -0.15) is 0 Å². The van der Waals surface area contributed by atoms with Crippen LogP contribution in [-0.2, 0) is 22.7 Å². The molecule has 0 aromatic heterocycles. The molecular formula is C25H25N3O5. The highest BCUT2D eigenvalue weighted by atomic mass is 16.4. The van der Waals surface area contributed by atoms with E-state index in [-0.39, 0.29) is 30.8 Å². The minimum absolute atomic E-state index is 0.0587. The monoisotopic (exact) mass is 447 g/mol. The number of hydrogen-bond donors (Lipinski definition) is 2. The molecule has 2 fully saturated rings. The van der Waals surface area contributed by atoms with Crippen LogP contribution in [0.4, 0.5) is 4.79 Å². The summed E-state index contributed by atoms with van der Waals surface area (Å²) in [7, 11) is 0. The average molecular weight is 447 g/mol. The van der Waals surface area contributed by atoms with Crippen molar-refractivity contribution in [3.05, 3.63) is 70.8 Å². The van der Waals surface area contributed by atoms with Gasteiger partial charge in [0.2, 0.25) is 11.8 Å². The number of carbonyl (C=O) groups excluding carboxylic acids is 3. The smallest absolute Gasteiger partial charge is 0.407 e. The maximum atomic E-state index is 13.0. The minimum atomic E-state index is -0.969. The van der Waals surface area contributed by atoms with Gasteiger partial charge >= 0.3 is 6.09 Å². The fourth-order valence-corrected chi connectivity index (χ4v) is 5.09. The first kappa shape index (κ1) is 21.2.